The summed E-state index contributed by atoms with van der Waals surface area (Å²) in [7, 11) is 0. The Kier molecular flexibility index (Phi) is 2.33. The van der Waals surface area contributed by atoms with E-state index in [1.54, 1.807) is 12.1 Å². The molecule has 1 aromatic rings. The molecule has 0 saturated carbocycles. The molecule has 3 heteroatoms. The fourth-order valence-corrected chi connectivity index (χ4v) is 0.789. The molecular weight excluding hydrogens is 300 g/mol. The number of benzene rings is 1. The molecule has 0 saturated heterocycles. The van der Waals surface area contributed by atoms with Crippen LogP contribution in [0.3, 0.4) is 0 Å². The van der Waals surface area contributed by atoms with Gasteiger partial charge in [0.15, 0.2) is 0 Å². The third-order valence-corrected chi connectivity index (χ3v) is 1.22. The SMILES string of the molecule is [W].[c-]1ccc2c(c1)OCO2. The van der Waals surface area contributed by atoms with Crippen molar-refractivity contribution < 1.29 is 30.5 Å². The molecule has 0 aromatic heterocycles. The second-order valence-corrected chi connectivity index (χ2v) is 1.78. The third-order valence-electron chi connectivity index (χ3n) is 1.22. The van der Waals surface area contributed by atoms with Gasteiger partial charge >= 0.3 is 0 Å². The van der Waals surface area contributed by atoms with Crippen molar-refractivity contribution >= 4 is 0 Å². The minimum Gasteiger partial charge on any atom is -0.516 e. The molecule has 0 radical (unpaired) electrons. The predicted octanol–water partition coefficient (Wildman–Crippen LogP) is 1.21. The topological polar surface area (TPSA) is 18.5 Å². The van der Waals surface area contributed by atoms with Crippen molar-refractivity contribution in [3.8, 4) is 11.5 Å². The summed E-state index contributed by atoms with van der Waals surface area (Å²) in [5.41, 5.74) is 0. The van der Waals surface area contributed by atoms with Crippen LogP contribution in [0.1, 0.15) is 0 Å². The van der Waals surface area contributed by atoms with E-state index in [0.717, 1.165) is 11.5 Å². The molecule has 2 rings (SSSR count). The van der Waals surface area contributed by atoms with Gasteiger partial charge in [0, 0.05) is 21.1 Å². The minimum absolute atomic E-state index is 0. The molecule has 0 unspecified atom stereocenters. The molecule has 52 valence electrons. The van der Waals surface area contributed by atoms with E-state index in [2.05, 4.69) is 6.07 Å². The molecule has 10 heavy (non-hydrogen) atoms. The Bertz CT molecular complexity index is 202. The van der Waals surface area contributed by atoms with Crippen LogP contribution in [0.2, 0.25) is 0 Å². The molecule has 0 bridgehead atoms. The van der Waals surface area contributed by atoms with Crippen LogP contribution in [0.4, 0.5) is 0 Å². The van der Waals surface area contributed by atoms with Gasteiger partial charge in [-0.2, -0.15) is 12.1 Å². The summed E-state index contributed by atoms with van der Waals surface area (Å²) in [5.74, 6) is 1.60. The largest absolute Gasteiger partial charge is 0.516 e. The van der Waals surface area contributed by atoms with Crippen LogP contribution in [0.15, 0.2) is 18.2 Å². The van der Waals surface area contributed by atoms with Crippen LogP contribution in [0.25, 0.3) is 0 Å². The van der Waals surface area contributed by atoms with Gasteiger partial charge in [0.05, 0.1) is 11.5 Å². The predicted molar refractivity (Wildman–Crippen MR) is 31.4 cm³/mol. The van der Waals surface area contributed by atoms with E-state index in [9.17, 15) is 0 Å². The number of fused-ring (bicyclic) bond motifs is 1. The van der Waals surface area contributed by atoms with Crippen molar-refractivity contribution in [1.82, 2.24) is 0 Å². The van der Waals surface area contributed by atoms with Crippen molar-refractivity contribution in [2.45, 2.75) is 0 Å². The summed E-state index contributed by atoms with van der Waals surface area (Å²) >= 11 is 0. The van der Waals surface area contributed by atoms with Gasteiger partial charge in [-0.3, -0.25) is 0 Å². The van der Waals surface area contributed by atoms with Crippen molar-refractivity contribution in [2.75, 3.05) is 6.79 Å². The Labute approximate surface area is 73.4 Å². The average molecular weight is 305 g/mol. The molecule has 1 aromatic carbocycles. The van der Waals surface area contributed by atoms with Crippen LogP contribution in [-0.4, -0.2) is 6.79 Å². The number of rotatable bonds is 0. The maximum atomic E-state index is 5.06. The zero-order chi connectivity index (χ0) is 6.10. The van der Waals surface area contributed by atoms with Crippen molar-refractivity contribution in [2.24, 2.45) is 0 Å². The van der Waals surface area contributed by atoms with E-state index in [4.69, 9.17) is 9.47 Å². The Balaban J connectivity index is 0.000000500. The van der Waals surface area contributed by atoms with E-state index >= 15 is 0 Å². The maximum Gasteiger partial charge on any atom is 0.215 e. The summed E-state index contributed by atoms with van der Waals surface area (Å²) in [4.78, 5) is 0. The van der Waals surface area contributed by atoms with Gasteiger partial charge in [0.2, 0.25) is 6.79 Å². The summed E-state index contributed by atoms with van der Waals surface area (Å²) in [6.07, 6.45) is 0. The maximum absolute atomic E-state index is 5.06. The Morgan fingerprint density at radius 1 is 1.30 bits per heavy atom. The van der Waals surface area contributed by atoms with Gasteiger partial charge in [-0.05, 0) is 0 Å². The normalized spacial score (nSPS) is 12.4. The van der Waals surface area contributed by atoms with Crippen LogP contribution in [0, 0.1) is 6.07 Å². The van der Waals surface area contributed by atoms with Crippen LogP contribution < -0.4 is 9.47 Å². The fraction of sp³-hybridized carbons (Fsp3) is 0.143. The zero-order valence-electron chi connectivity index (χ0n) is 5.16. The van der Waals surface area contributed by atoms with Crippen molar-refractivity contribution in [3.05, 3.63) is 24.3 Å². The number of hydrogen-bond donors (Lipinski definition) is 0. The quantitative estimate of drug-likeness (QED) is 0.671. The van der Waals surface area contributed by atoms with Crippen molar-refractivity contribution in [3.63, 3.8) is 0 Å². The average Bonchev–Trinajstić information content (AvgIpc) is 2.33. The Hall–Kier alpha value is -0.492. The molecule has 0 aliphatic carbocycles. The molecule has 1 heterocycles. The zero-order valence-corrected chi connectivity index (χ0v) is 8.10. The van der Waals surface area contributed by atoms with Gasteiger partial charge in [0.1, 0.15) is 0 Å². The molecular formula is C7H5O2W-. The second-order valence-electron chi connectivity index (χ2n) is 1.78. The van der Waals surface area contributed by atoms with Gasteiger partial charge < -0.3 is 9.47 Å². The van der Waals surface area contributed by atoms with Gasteiger partial charge in [-0.15, -0.1) is 12.1 Å². The van der Waals surface area contributed by atoms with Crippen LogP contribution >= 0.6 is 0 Å². The standard InChI is InChI=1S/C7H5O2.W/c1-2-4-7-6(3-1)8-5-9-7;/h1,3-4H,5H2;/q-1;. The first-order valence-corrected chi connectivity index (χ1v) is 2.72. The fourth-order valence-electron chi connectivity index (χ4n) is 0.789. The first-order chi connectivity index (χ1) is 4.47. The smallest absolute Gasteiger partial charge is 0.215 e. The molecule has 0 N–H and O–H groups in total. The Morgan fingerprint density at radius 3 is 2.90 bits per heavy atom. The van der Waals surface area contributed by atoms with E-state index in [1.807, 2.05) is 6.07 Å². The van der Waals surface area contributed by atoms with E-state index in [0.29, 0.717) is 6.79 Å². The number of ether oxygens (including phenoxy) is 2. The third kappa shape index (κ3) is 1.17. The van der Waals surface area contributed by atoms with Crippen molar-refractivity contribution in [1.29, 1.82) is 0 Å². The van der Waals surface area contributed by atoms with Gasteiger partial charge in [-0.1, -0.05) is 0 Å². The number of hydrogen-bond acceptors (Lipinski definition) is 2. The van der Waals surface area contributed by atoms with E-state index in [1.165, 1.54) is 0 Å². The van der Waals surface area contributed by atoms with E-state index < -0.39 is 0 Å². The molecule has 1 aliphatic heterocycles. The molecule has 0 atom stereocenters. The molecule has 2 nitrogen and oxygen atoms in total. The molecule has 1 aliphatic rings. The van der Waals surface area contributed by atoms with Crippen LogP contribution in [-0.2, 0) is 21.1 Å². The van der Waals surface area contributed by atoms with Crippen LogP contribution in [0.5, 0.6) is 11.5 Å². The molecule has 0 amide bonds. The summed E-state index contributed by atoms with van der Waals surface area (Å²) in [6, 6.07) is 8.29. The minimum atomic E-state index is 0. The first kappa shape index (κ1) is 7.61. The summed E-state index contributed by atoms with van der Waals surface area (Å²) < 4.78 is 10.1. The van der Waals surface area contributed by atoms with Gasteiger partial charge in [0.25, 0.3) is 0 Å². The summed E-state index contributed by atoms with van der Waals surface area (Å²) in [5, 5.41) is 0. The monoisotopic (exact) mass is 305 g/mol. The van der Waals surface area contributed by atoms with E-state index in [-0.39, 0.29) is 21.1 Å². The second kappa shape index (κ2) is 3.07. The molecule has 0 fully saturated rings. The van der Waals surface area contributed by atoms with Gasteiger partial charge in [-0.25, -0.2) is 0 Å². The Morgan fingerprint density at radius 2 is 2.10 bits per heavy atom. The summed E-state index contributed by atoms with van der Waals surface area (Å²) in [6.45, 7) is 0.340. The molecule has 0 spiro atoms. The first-order valence-electron chi connectivity index (χ1n) is 2.72.